The van der Waals surface area contributed by atoms with E-state index in [1.54, 1.807) is 23.6 Å². The van der Waals surface area contributed by atoms with Gasteiger partial charge in [0.2, 0.25) is 5.91 Å². The molecule has 1 N–H and O–H groups in total. The van der Waals surface area contributed by atoms with Gasteiger partial charge in [-0.2, -0.15) is 0 Å². The first-order chi connectivity index (χ1) is 16.1. The molecule has 5 rings (SSSR count). The molecule has 8 heteroatoms. The fraction of sp³-hybridized carbons (Fsp3) is 0.240. The van der Waals surface area contributed by atoms with Crippen LogP contribution in [0, 0.1) is 0 Å². The summed E-state index contributed by atoms with van der Waals surface area (Å²) in [5.74, 6) is 1.01. The van der Waals surface area contributed by atoms with E-state index in [2.05, 4.69) is 44.5 Å². The Hall–Kier alpha value is -3.00. The number of oxazole rings is 1. The zero-order valence-electron chi connectivity index (χ0n) is 18.0. The Bertz CT molecular complexity index is 1250. The van der Waals surface area contributed by atoms with E-state index in [1.165, 1.54) is 10.4 Å². The van der Waals surface area contributed by atoms with Crippen molar-refractivity contribution in [2.45, 2.75) is 32.4 Å². The molecule has 0 radical (unpaired) electrons. The molecule has 0 unspecified atom stereocenters. The van der Waals surface area contributed by atoms with Gasteiger partial charge < -0.3 is 9.73 Å². The van der Waals surface area contributed by atoms with Crippen LogP contribution in [0.2, 0.25) is 5.02 Å². The Morgan fingerprint density at radius 1 is 1.15 bits per heavy atom. The van der Waals surface area contributed by atoms with Gasteiger partial charge in [-0.15, -0.1) is 11.3 Å². The minimum Gasteiger partial charge on any atom is -0.441 e. The van der Waals surface area contributed by atoms with Crippen LogP contribution in [0.15, 0.2) is 65.2 Å². The second-order valence-electron chi connectivity index (χ2n) is 7.98. The van der Waals surface area contributed by atoms with Gasteiger partial charge in [-0.1, -0.05) is 54.1 Å². The second-order valence-corrected chi connectivity index (χ2v) is 9.47. The number of halogens is 1. The summed E-state index contributed by atoms with van der Waals surface area (Å²) in [6.45, 7) is 2.75. The lowest BCUT2D eigenvalue weighted by Gasteiger charge is -2.25. The molecule has 6 nitrogen and oxygen atoms in total. The van der Waals surface area contributed by atoms with Gasteiger partial charge in [0.25, 0.3) is 0 Å². The average molecular weight is 479 g/mol. The molecule has 0 fully saturated rings. The number of carbonyl (C=O) groups excluding carboxylic acids is 1. The molecule has 0 saturated heterocycles. The van der Waals surface area contributed by atoms with E-state index < -0.39 is 0 Å². The molecule has 0 aliphatic carbocycles. The predicted octanol–water partition coefficient (Wildman–Crippen LogP) is 5.58. The Balaban J connectivity index is 1.15. The van der Waals surface area contributed by atoms with Gasteiger partial charge in [-0.25, -0.2) is 9.97 Å². The molecule has 4 aromatic rings. The molecule has 1 aliphatic rings. The van der Waals surface area contributed by atoms with Crippen LogP contribution in [0.5, 0.6) is 0 Å². The van der Waals surface area contributed by atoms with Gasteiger partial charge in [0.15, 0.2) is 16.8 Å². The minimum absolute atomic E-state index is 0.0975. The lowest BCUT2D eigenvalue weighted by Crippen LogP contribution is -2.29. The van der Waals surface area contributed by atoms with Crippen molar-refractivity contribution in [1.29, 1.82) is 0 Å². The highest BCUT2D eigenvalue weighted by Gasteiger charge is 2.21. The molecule has 33 heavy (non-hydrogen) atoms. The Morgan fingerprint density at radius 2 is 1.97 bits per heavy atom. The highest BCUT2D eigenvalue weighted by Crippen LogP contribution is 2.30. The number of nitrogens with one attached hydrogen (secondary N) is 1. The predicted molar refractivity (Wildman–Crippen MR) is 130 cm³/mol. The number of aryl methyl sites for hydroxylation is 1. The summed E-state index contributed by atoms with van der Waals surface area (Å²) in [6, 6.07) is 17.9. The fourth-order valence-corrected chi connectivity index (χ4v) is 5.19. The molecule has 1 amide bonds. The maximum atomic E-state index is 12.5. The van der Waals surface area contributed by atoms with E-state index in [9.17, 15) is 4.79 Å². The maximum absolute atomic E-state index is 12.5. The van der Waals surface area contributed by atoms with E-state index in [0.717, 1.165) is 37.3 Å². The summed E-state index contributed by atoms with van der Waals surface area (Å²) in [5.41, 5.74) is 3.19. The van der Waals surface area contributed by atoms with E-state index in [4.69, 9.17) is 16.0 Å². The second kappa shape index (κ2) is 9.87. The van der Waals surface area contributed by atoms with Crippen LogP contribution in [0.3, 0.4) is 0 Å². The first kappa shape index (κ1) is 21.8. The SMILES string of the molecule is O=C(CCc1ncc(-c2ccccc2Cl)o1)Nc1nc2c(s1)CN(Cc1ccccc1)CC2. The Morgan fingerprint density at radius 3 is 2.82 bits per heavy atom. The van der Waals surface area contributed by atoms with Crippen molar-refractivity contribution in [3.8, 4) is 11.3 Å². The highest BCUT2D eigenvalue weighted by molar-refractivity contribution is 7.15. The number of hydrogen-bond donors (Lipinski definition) is 1. The molecule has 1 aliphatic heterocycles. The van der Waals surface area contributed by atoms with Crippen molar-refractivity contribution in [3.05, 3.63) is 87.8 Å². The van der Waals surface area contributed by atoms with Crippen molar-refractivity contribution >= 4 is 34.0 Å². The third-order valence-corrected chi connectivity index (χ3v) is 6.89. The van der Waals surface area contributed by atoms with Gasteiger partial charge >= 0.3 is 0 Å². The standard InChI is InChI=1S/C25H23ClN4O2S/c26-19-9-5-4-8-18(19)21-14-27-24(32-21)11-10-23(31)29-25-28-20-12-13-30(16-22(20)33-25)15-17-6-2-1-3-7-17/h1-9,14H,10-13,15-16H2,(H,28,29,31). The summed E-state index contributed by atoms with van der Waals surface area (Å²) < 4.78 is 5.78. The van der Waals surface area contributed by atoms with Crippen molar-refractivity contribution in [2.24, 2.45) is 0 Å². The average Bonchev–Trinajstić information content (AvgIpc) is 3.45. The largest absolute Gasteiger partial charge is 0.441 e. The number of thiazole rings is 1. The first-order valence-electron chi connectivity index (χ1n) is 10.9. The summed E-state index contributed by atoms with van der Waals surface area (Å²) >= 11 is 7.78. The molecule has 168 valence electrons. The van der Waals surface area contributed by atoms with Gasteiger partial charge in [0.1, 0.15) is 0 Å². The molecule has 3 heterocycles. The monoisotopic (exact) mass is 478 g/mol. The molecule has 2 aromatic heterocycles. The van der Waals surface area contributed by atoms with Gasteiger partial charge in [-0.3, -0.25) is 9.69 Å². The summed E-state index contributed by atoms with van der Waals surface area (Å²) in [6.07, 6.45) is 3.22. The molecule has 0 atom stereocenters. The number of hydrogen-bond acceptors (Lipinski definition) is 6. The molecule has 2 aromatic carbocycles. The molecular weight excluding hydrogens is 456 g/mol. The smallest absolute Gasteiger partial charge is 0.226 e. The first-order valence-corrected chi connectivity index (χ1v) is 12.1. The van der Waals surface area contributed by atoms with Gasteiger partial charge in [0, 0.05) is 49.3 Å². The number of benzene rings is 2. The van der Waals surface area contributed by atoms with E-state index in [0.29, 0.717) is 28.2 Å². The summed E-state index contributed by atoms with van der Waals surface area (Å²) in [4.78, 5) is 25.1. The number of amides is 1. The van der Waals surface area contributed by atoms with Crippen molar-refractivity contribution in [3.63, 3.8) is 0 Å². The van der Waals surface area contributed by atoms with Crippen LogP contribution in [0.1, 0.15) is 28.4 Å². The van der Waals surface area contributed by atoms with Crippen LogP contribution in [0.25, 0.3) is 11.3 Å². The van der Waals surface area contributed by atoms with Crippen LogP contribution in [0.4, 0.5) is 5.13 Å². The number of nitrogens with zero attached hydrogens (tertiary/aromatic N) is 3. The van der Waals surface area contributed by atoms with Crippen LogP contribution < -0.4 is 5.32 Å². The lowest BCUT2D eigenvalue weighted by molar-refractivity contribution is -0.116. The molecule has 0 spiro atoms. The third kappa shape index (κ3) is 5.33. The third-order valence-electron chi connectivity index (χ3n) is 5.56. The topological polar surface area (TPSA) is 71.3 Å². The summed E-state index contributed by atoms with van der Waals surface area (Å²) in [5, 5.41) is 4.21. The van der Waals surface area contributed by atoms with Crippen molar-refractivity contribution in [1.82, 2.24) is 14.9 Å². The quantitative estimate of drug-likeness (QED) is 0.375. The minimum atomic E-state index is -0.0975. The van der Waals surface area contributed by atoms with Crippen LogP contribution in [-0.2, 0) is 30.7 Å². The van der Waals surface area contributed by atoms with E-state index >= 15 is 0 Å². The van der Waals surface area contributed by atoms with Crippen molar-refractivity contribution < 1.29 is 9.21 Å². The fourth-order valence-electron chi connectivity index (χ4n) is 3.89. The van der Waals surface area contributed by atoms with Crippen molar-refractivity contribution in [2.75, 3.05) is 11.9 Å². The Labute approximate surface area is 201 Å². The summed E-state index contributed by atoms with van der Waals surface area (Å²) in [7, 11) is 0. The van der Waals surface area contributed by atoms with Crippen LogP contribution >= 0.6 is 22.9 Å². The zero-order valence-corrected chi connectivity index (χ0v) is 19.5. The Kier molecular flexibility index (Phi) is 6.53. The molecule has 0 saturated carbocycles. The van der Waals surface area contributed by atoms with Crippen LogP contribution in [-0.4, -0.2) is 27.3 Å². The van der Waals surface area contributed by atoms with Gasteiger partial charge in [-0.05, 0) is 17.7 Å². The number of aromatic nitrogens is 2. The zero-order chi connectivity index (χ0) is 22.6. The number of anilines is 1. The molecule has 0 bridgehead atoms. The van der Waals surface area contributed by atoms with E-state index in [-0.39, 0.29) is 12.3 Å². The molecular formula is C25H23ClN4O2S. The highest BCUT2D eigenvalue weighted by atomic mass is 35.5. The number of fused-ring (bicyclic) bond motifs is 1. The number of rotatable bonds is 7. The number of carbonyl (C=O) groups is 1. The van der Waals surface area contributed by atoms with Gasteiger partial charge in [0.05, 0.1) is 16.9 Å². The normalized spacial score (nSPS) is 13.6. The lowest BCUT2D eigenvalue weighted by atomic mass is 10.1. The van der Waals surface area contributed by atoms with E-state index in [1.807, 2.05) is 24.3 Å². The maximum Gasteiger partial charge on any atom is 0.226 e.